The lowest BCUT2D eigenvalue weighted by molar-refractivity contribution is 0.356. The van der Waals surface area contributed by atoms with Gasteiger partial charge in [-0.25, -0.2) is 13.1 Å². The summed E-state index contributed by atoms with van der Waals surface area (Å²) in [6, 6.07) is 9.38. The molecule has 4 heterocycles. The molecule has 0 radical (unpaired) electrons. The molecule has 0 aliphatic carbocycles. The summed E-state index contributed by atoms with van der Waals surface area (Å²) in [5.74, 6) is 0.776. The topological polar surface area (TPSA) is 120 Å². The number of aromatic nitrogens is 5. The van der Waals surface area contributed by atoms with Gasteiger partial charge in [0, 0.05) is 18.0 Å². The smallest absolute Gasteiger partial charge is 0.274 e. The second-order valence-corrected chi connectivity index (χ2v) is 8.51. The number of ether oxygens (including phenoxy) is 1. The predicted octanol–water partition coefficient (Wildman–Crippen LogP) is 1.33. The van der Waals surface area contributed by atoms with E-state index < -0.39 is 9.84 Å². The lowest BCUT2D eigenvalue weighted by atomic mass is 10.2. The Kier molecular flexibility index (Phi) is 3.95. The zero-order valence-electron chi connectivity index (χ0n) is 15.1. The molecule has 0 saturated heterocycles. The molecule has 1 N–H and O–H groups in total. The fraction of sp³-hybridized carbons (Fsp3) is 0.158. The Labute approximate surface area is 164 Å². The molecule has 0 atom stereocenters. The van der Waals surface area contributed by atoms with Gasteiger partial charge in [0.1, 0.15) is 5.75 Å². The van der Waals surface area contributed by atoms with E-state index in [2.05, 4.69) is 20.3 Å². The van der Waals surface area contributed by atoms with Crippen molar-refractivity contribution in [2.45, 2.75) is 22.9 Å². The average Bonchev–Trinajstić information content (AvgIpc) is 3.41. The van der Waals surface area contributed by atoms with E-state index >= 15 is 0 Å². The summed E-state index contributed by atoms with van der Waals surface area (Å²) in [6.45, 7) is 0.832. The highest BCUT2D eigenvalue weighted by Crippen LogP contribution is 2.24. The molecule has 0 bridgehead atoms. The molecule has 4 aromatic rings. The molecule has 146 valence electrons. The third-order valence-electron chi connectivity index (χ3n) is 4.78. The van der Waals surface area contributed by atoms with Gasteiger partial charge in [-0.2, -0.15) is 10.2 Å². The van der Waals surface area contributed by atoms with Crippen molar-refractivity contribution in [3.63, 3.8) is 0 Å². The van der Waals surface area contributed by atoms with Crippen molar-refractivity contribution >= 4 is 20.6 Å². The predicted molar refractivity (Wildman–Crippen MR) is 103 cm³/mol. The van der Waals surface area contributed by atoms with Gasteiger partial charge in [0.2, 0.25) is 9.84 Å². The number of sulfone groups is 1. The van der Waals surface area contributed by atoms with Gasteiger partial charge in [-0.3, -0.25) is 14.9 Å². The van der Waals surface area contributed by atoms with Crippen LogP contribution >= 0.6 is 0 Å². The summed E-state index contributed by atoms with van der Waals surface area (Å²) in [4.78, 5) is 17.4. The molecular weight excluding hydrogens is 394 g/mol. The van der Waals surface area contributed by atoms with E-state index in [0.29, 0.717) is 23.1 Å². The quantitative estimate of drug-likeness (QED) is 0.540. The summed E-state index contributed by atoms with van der Waals surface area (Å²) < 4.78 is 32.0. The number of nitrogens with one attached hydrogen (secondary N) is 1. The molecule has 1 aliphatic rings. The van der Waals surface area contributed by atoms with Crippen LogP contribution in [0.2, 0.25) is 0 Å². The number of hydrogen-bond acceptors (Lipinski definition) is 7. The first kappa shape index (κ1) is 17.6. The third-order valence-corrected chi connectivity index (χ3v) is 6.44. The number of hydrogen-bond donors (Lipinski definition) is 1. The molecule has 0 saturated carbocycles. The highest BCUT2D eigenvalue weighted by molar-refractivity contribution is 7.91. The molecular formula is C19H15N5O4S. The van der Waals surface area contributed by atoms with Gasteiger partial charge in [0.15, 0.2) is 5.03 Å². The molecule has 10 heteroatoms. The number of H-pyrrole nitrogens is 1. The first-order valence-corrected chi connectivity index (χ1v) is 10.4. The second-order valence-electron chi connectivity index (χ2n) is 6.62. The Morgan fingerprint density at radius 2 is 2.07 bits per heavy atom. The van der Waals surface area contributed by atoms with Gasteiger partial charge < -0.3 is 4.74 Å². The van der Waals surface area contributed by atoms with Crippen LogP contribution in [0.1, 0.15) is 11.4 Å². The van der Waals surface area contributed by atoms with Crippen molar-refractivity contribution in [2.24, 2.45) is 0 Å². The normalized spacial score (nSPS) is 13.4. The van der Waals surface area contributed by atoms with Crippen LogP contribution in [-0.2, 0) is 22.8 Å². The minimum Gasteiger partial charge on any atom is -0.491 e. The van der Waals surface area contributed by atoms with Crippen LogP contribution in [0, 0.1) is 0 Å². The number of benzene rings is 1. The fourth-order valence-electron chi connectivity index (χ4n) is 3.31. The van der Waals surface area contributed by atoms with Crippen LogP contribution < -0.4 is 10.3 Å². The SMILES string of the molecule is O=c1c2ccc(S(=O)(=O)c3cc[nH]n3)cc2cnn1Cc1ccc2c(n1)CCO2. The van der Waals surface area contributed by atoms with Crippen LogP contribution in [0.3, 0.4) is 0 Å². The summed E-state index contributed by atoms with van der Waals surface area (Å²) in [5, 5.41) is 11.2. The maximum atomic E-state index is 12.8. The number of fused-ring (bicyclic) bond motifs is 2. The second kappa shape index (κ2) is 6.52. The van der Waals surface area contributed by atoms with E-state index in [1.807, 2.05) is 12.1 Å². The summed E-state index contributed by atoms with van der Waals surface area (Å²) in [7, 11) is -3.77. The molecule has 0 spiro atoms. The monoisotopic (exact) mass is 409 g/mol. The molecule has 1 aromatic carbocycles. The average molecular weight is 409 g/mol. The Morgan fingerprint density at radius 1 is 1.17 bits per heavy atom. The number of pyridine rings is 1. The van der Waals surface area contributed by atoms with E-state index in [9.17, 15) is 13.2 Å². The zero-order valence-corrected chi connectivity index (χ0v) is 15.9. The Hall–Kier alpha value is -3.53. The zero-order chi connectivity index (χ0) is 20.0. The fourth-order valence-corrected chi connectivity index (χ4v) is 4.50. The van der Waals surface area contributed by atoms with Gasteiger partial charge in [-0.15, -0.1) is 0 Å². The van der Waals surface area contributed by atoms with Gasteiger partial charge in [0.25, 0.3) is 5.56 Å². The van der Waals surface area contributed by atoms with Crippen molar-refractivity contribution in [1.29, 1.82) is 0 Å². The minimum atomic E-state index is -3.77. The Bertz CT molecular complexity index is 1390. The van der Waals surface area contributed by atoms with Crippen molar-refractivity contribution < 1.29 is 13.2 Å². The van der Waals surface area contributed by atoms with Crippen molar-refractivity contribution in [3.8, 4) is 5.75 Å². The van der Waals surface area contributed by atoms with Crippen LogP contribution in [0.15, 0.2) is 63.5 Å². The lowest BCUT2D eigenvalue weighted by Crippen LogP contribution is -2.24. The first-order valence-electron chi connectivity index (χ1n) is 8.89. The van der Waals surface area contributed by atoms with E-state index in [-0.39, 0.29) is 22.0 Å². The van der Waals surface area contributed by atoms with Crippen LogP contribution in [0.25, 0.3) is 10.8 Å². The Morgan fingerprint density at radius 3 is 2.90 bits per heavy atom. The molecule has 1 aliphatic heterocycles. The molecule has 5 rings (SSSR count). The highest BCUT2D eigenvalue weighted by atomic mass is 32.2. The maximum Gasteiger partial charge on any atom is 0.274 e. The number of rotatable bonds is 4. The Balaban J connectivity index is 1.52. The highest BCUT2D eigenvalue weighted by Gasteiger charge is 2.21. The molecule has 0 amide bonds. The molecule has 9 nitrogen and oxygen atoms in total. The van der Waals surface area contributed by atoms with Crippen molar-refractivity contribution in [2.75, 3.05) is 6.61 Å². The van der Waals surface area contributed by atoms with E-state index in [0.717, 1.165) is 17.9 Å². The third kappa shape index (κ3) is 2.97. The standard InChI is InChI=1S/C19H15N5O4S/c25-19-15-3-2-14(29(26,27)18-5-7-20-23-18)9-12(15)10-21-24(19)11-13-1-4-17-16(22-13)6-8-28-17/h1-5,7,9-10H,6,8,11H2,(H,20,23). The molecule has 0 unspecified atom stereocenters. The van der Waals surface area contributed by atoms with Gasteiger partial charge in [0.05, 0.1) is 41.0 Å². The minimum absolute atomic E-state index is 0.0522. The van der Waals surface area contributed by atoms with Crippen molar-refractivity contribution in [3.05, 3.63) is 70.5 Å². The maximum absolute atomic E-state index is 12.8. The summed E-state index contributed by atoms with van der Waals surface area (Å²) in [5.41, 5.74) is 1.27. The lowest BCUT2D eigenvalue weighted by Gasteiger charge is -2.08. The van der Waals surface area contributed by atoms with Crippen LogP contribution in [0.4, 0.5) is 0 Å². The van der Waals surface area contributed by atoms with E-state index in [4.69, 9.17) is 4.74 Å². The van der Waals surface area contributed by atoms with Crippen LogP contribution in [-0.4, -0.2) is 40.0 Å². The molecule has 29 heavy (non-hydrogen) atoms. The van der Waals surface area contributed by atoms with Gasteiger partial charge in [-0.1, -0.05) is 0 Å². The van der Waals surface area contributed by atoms with E-state index in [1.165, 1.54) is 41.3 Å². The largest absolute Gasteiger partial charge is 0.491 e. The molecule has 3 aromatic heterocycles. The number of nitrogens with zero attached hydrogens (tertiary/aromatic N) is 4. The summed E-state index contributed by atoms with van der Waals surface area (Å²) >= 11 is 0. The first-order chi connectivity index (χ1) is 14.0. The molecule has 0 fully saturated rings. The van der Waals surface area contributed by atoms with Gasteiger partial charge in [-0.05, 0) is 36.4 Å². The number of aromatic amines is 1. The van der Waals surface area contributed by atoms with E-state index in [1.54, 1.807) is 0 Å². The van der Waals surface area contributed by atoms with Gasteiger partial charge >= 0.3 is 0 Å². The van der Waals surface area contributed by atoms with Crippen LogP contribution in [0.5, 0.6) is 5.75 Å². The van der Waals surface area contributed by atoms with Crippen molar-refractivity contribution in [1.82, 2.24) is 25.0 Å². The summed E-state index contributed by atoms with van der Waals surface area (Å²) in [6.07, 6.45) is 3.67.